The third-order valence-corrected chi connectivity index (χ3v) is 1.39. The van der Waals surface area contributed by atoms with Crippen LogP contribution in [-0.2, 0) is 9.59 Å². The molecule has 0 fully saturated rings. The molecule has 0 spiro atoms. The second-order valence-corrected chi connectivity index (χ2v) is 2.34. The summed E-state index contributed by atoms with van der Waals surface area (Å²) < 4.78 is 0. The molecule has 0 aliphatic rings. The van der Waals surface area contributed by atoms with Crippen LogP contribution in [0.1, 0.15) is 0 Å². The van der Waals surface area contributed by atoms with Gasteiger partial charge in [-0.25, -0.2) is 4.79 Å². The Bertz CT molecular complexity index is 206. The van der Waals surface area contributed by atoms with Crippen LogP contribution in [0.5, 0.6) is 0 Å². The van der Waals surface area contributed by atoms with E-state index >= 15 is 0 Å². The Morgan fingerprint density at radius 1 is 1.07 bits per heavy atom. The molecule has 0 heterocycles. The Labute approximate surface area is 122 Å². The number of aliphatic hydroxyl groups is 4. The van der Waals surface area contributed by atoms with E-state index in [4.69, 9.17) is 25.5 Å². The molecule has 0 amide bonds. The fraction of sp³-hybridized carbons (Fsp3) is 0.667. The van der Waals surface area contributed by atoms with Crippen molar-refractivity contribution in [2.45, 2.75) is 18.3 Å². The van der Waals surface area contributed by atoms with Crippen molar-refractivity contribution in [2.75, 3.05) is 6.61 Å². The van der Waals surface area contributed by atoms with Crippen LogP contribution in [-0.4, -0.2) is 114 Å². The number of ketones is 1. The van der Waals surface area contributed by atoms with E-state index in [9.17, 15) is 9.59 Å². The van der Waals surface area contributed by atoms with Crippen molar-refractivity contribution in [1.29, 1.82) is 0 Å². The van der Waals surface area contributed by atoms with Gasteiger partial charge in [-0.15, -0.1) is 0 Å². The van der Waals surface area contributed by atoms with Gasteiger partial charge in [0.15, 0.2) is 11.9 Å². The number of hydrogen-bond donors (Lipinski definition) is 5. The summed E-state index contributed by atoms with van der Waals surface area (Å²) in [5.41, 5.74) is 0. The van der Waals surface area contributed by atoms with Gasteiger partial charge in [0, 0.05) is 51.4 Å². The predicted molar refractivity (Wildman–Crippen MR) is 43.5 cm³/mol. The molecule has 5 N–H and O–H groups in total. The first-order valence-corrected chi connectivity index (χ1v) is 3.32. The molecule has 0 saturated heterocycles. The number of aliphatic hydroxyl groups excluding tert-OH is 4. The zero-order chi connectivity index (χ0) is 10.6. The van der Waals surface area contributed by atoms with Crippen molar-refractivity contribution < 1.29 is 35.1 Å². The van der Waals surface area contributed by atoms with E-state index in [0.29, 0.717) is 0 Å². The molecule has 0 aliphatic carbocycles. The summed E-state index contributed by atoms with van der Waals surface area (Å²) >= 11 is 0. The molecule has 14 heavy (non-hydrogen) atoms. The summed E-state index contributed by atoms with van der Waals surface area (Å²) in [6.07, 6.45) is -6.50. The third kappa shape index (κ3) is 4.91. The molecular weight excluding hydrogens is 223 g/mol. The van der Waals surface area contributed by atoms with Gasteiger partial charge in [-0.3, -0.25) is 4.79 Å². The van der Waals surface area contributed by atoms with E-state index in [1.165, 1.54) is 0 Å². The van der Waals surface area contributed by atoms with E-state index in [1.807, 2.05) is 0 Å². The minimum atomic E-state index is -2.26. The summed E-state index contributed by atoms with van der Waals surface area (Å²) in [6, 6.07) is 0. The molecule has 0 aliphatic heterocycles. The molecule has 0 rings (SSSR count). The van der Waals surface area contributed by atoms with Crippen molar-refractivity contribution in [1.82, 2.24) is 0 Å². The zero-order valence-electron chi connectivity index (χ0n) is 7.49. The molecule has 77 valence electrons. The molecular formula is C6H10KO7. The number of carbonyl (C=O) groups excluding carboxylic acids is 1. The van der Waals surface area contributed by atoms with Crippen LogP contribution in [0.2, 0.25) is 0 Å². The van der Waals surface area contributed by atoms with Gasteiger partial charge in [-0.1, -0.05) is 0 Å². The van der Waals surface area contributed by atoms with Crippen molar-refractivity contribution in [2.24, 2.45) is 0 Å². The van der Waals surface area contributed by atoms with Crippen molar-refractivity contribution in [3.05, 3.63) is 0 Å². The van der Waals surface area contributed by atoms with Crippen LogP contribution in [0.25, 0.3) is 0 Å². The zero-order valence-corrected chi connectivity index (χ0v) is 10.6. The number of carbonyl (C=O) groups is 2. The average molecular weight is 233 g/mol. The van der Waals surface area contributed by atoms with Crippen LogP contribution >= 0.6 is 0 Å². The third-order valence-electron chi connectivity index (χ3n) is 1.39. The Balaban J connectivity index is 0. The quantitative estimate of drug-likeness (QED) is 0.309. The van der Waals surface area contributed by atoms with E-state index in [0.717, 1.165) is 0 Å². The van der Waals surface area contributed by atoms with Gasteiger partial charge >= 0.3 is 5.97 Å². The molecule has 0 aromatic rings. The van der Waals surface area contributed by atoms with Crippen LogP contribution < -0.4 is 0 Å². The summed E-state index contributed by atoms with van der Waals surface area (Å²) in [5.74, 6) is -2.93. The molecule has 8 heteroatoms. The van der Waals surface area contributed by atoms with Crippen LogP contribution in [0.15, 0.2) is 0 Å². The Morgan fingerprint density at radius 2 is 1.50 bits per heavy atom. The number of rotatable bonds is 5. The summed E-state index contributed by atoms with van der Waals surface area (Å²) in [6.45, 7) is -1.04. The molecule has 7 nitrogen and oxygen atoms in total. The molecule has 0 bridgehead atoms. The second kappa shape index (κ2) is 7.85. The van der Waals surface area contributed by atoms with Crippen LogP contribution in [0, 0.1) is 0 Å². The van der Waals surface area contributed by atoms with Crippen molar-refractivity contribution >= 4 is 63.1 Å². The molecule has 0 unspecified atom stereocenters. The maximum absolute atomic E-state index is 10.5. The molecule has 1 radical (unpaired) electrons. The number of carboxylic acid groups (broad SMARTS) is 1. The van der Waals surface area contributed by atoms with Crippen molar-refractivity contribution in [3.63, 3.8) is 0 Å². The van der Waals surface area contributed by atoms with Gasteiger partial charge < -0.3 is 25.5 Å². The van der Waals surface area contributed by atoms with Gasteiger partial charge in [0.1, 0.15) is 18.8 Å². The number of carboxylic acids is 1. The first-order chi connectivity index (χ1) is 5.91. The Hall–Kier alpha value is 0.616. The maximum Gasteiger partial charge on any atom is 0.335 e. The van der Waals surface area contributed by atoms with Gasteiger partial charge in [0.25, 0.3) is 0 Å². The molecule has 0 aromatic carbocycles. The van der Waals surface area contributed by atoms with Crippen LogP contribution in [0.3, 0.4) is 0 Å². The Morgan fingerprint density at radius 3 is 1.79 bits per heavy atom. The topological polar surface area (TPSA) is 135 Å². The van der Waals surface area contributed by atoms with E-state index < -0.39 is 36.7 Å². The van der Waals surface area contributed by atoms with Gasteiger partial charge in [-0.05, 0) is 0 Å². The van der Waals surface area contributed by atoms with Crippen LogP contribution in [0.4, 0.5) is 0 Å². The van der Waals surface area contributed by atoms with Gasteiger partial charge in [0.05, 0.1) is 0 Å². The summed E-state index contributed by atoms with van der Waals surface area (Å²) in [4.78, 5) is 20.6. The van der Waals surface area contributed by atoms with E-state index in [2.05, 4.69) is 0 Å². The second-order valence-electron chi connectivity index (χ2n) is 2.34. The fourth-order valence-electron chi connectivity index (χ4n) is 0.603. The monoisotopic (exact) mass is 233 g/mol. The van der Waals surface area contributed by atoms with Gasteiger partial charge in [-0.2, -0.15) is 0 Å². The number of hydrogen-bond acceptors (Lipinski definition) is 6. The molecule has 0 aromatic heterocycles. The SMILES string of the molecule is O=C(CO)[C@@H](O)[C@H](O)[C@@H](O)C(=O)O.[K]. The molecule has 3 atom stereocenters. The minimum absolute atomic E-state index is 0. The summed E-state index contributed by atoms with van der Waals surface area (Å²) in [7, 11) is 0. The maximum atomic E-state index is 10.5. The standard InChI is InChI=1S/C6H10O7.K/c7-1-2(8)3(9)4(10)5(11)6(12)13;/h3-5,7,9-11H,1H2,(H,12,13);/t3-,4+,5-;/m1./s1. The largest absolute Gasteiger partial charge is 0.479 e. The first kappa shape index (κ1) is 17.0. The van der Waals surface area contributed by atoms with Gasteiger partial charge in [0.2, 0.25) is 0 Å². The number of aliphatic carboxylic acids is 1. The first-order valence-electron chi connectivity index (χ1n) is 3.32. The van der Waals surface area contributed by atoms with Crippen molar-refractivity contribution in [3.8, 4) is 0 Å². The number of Topliss-reactive ketones (excluding diaryl/α,β-unsaturated/α-hetero) is 1. The smallest absolute Gasteiger partial charge is 0.335 e. The fourth-order valence-corrected chi connectivity index (χ4v) is 0.603. The predicted octanol–water partition coefficient (Wildman–Crippen LogP) is -3.67. The summed E-state index contributed by atoms with van der Waals surface area (Å²) in [5, 5.41) is 42.7. The molecule has 0 saturated carbocycles. The normalized spacial score (nSPS) is 16.3. The average Bonchev–Trinajstić information content (AvgIpc) is 2.12. The van der Waals surface area contributed by atoms with E-state index in [1.54, 1.807) is 0 Å². The minimum Gasteiger partial charge on any atom is -0.479 e. The van der Waals surface area contributed by atoms with E-state index in [-0.39, 0.29) is 51.4 Å². The Kier molecular flexibility index (Phi) is 9.55.